The van der Waals surface area contributed by atoms with Gasteiger partial charge in [0.1, 0.15) is 5.78 Å². The van der Waals surface area contributed by atoms with Crippen molar-refractivity contribution < 1.29 is 19.1 Å². The van der Waals surface area contributed by atoms with Crippen LogP contribution in [-0.4, -0.2) is 30.7 Å². The molecule has 0 saturated heterocycles. The van der Waals surface area contributed by atoms with Crippen molar-refractivity contribution in [3.63, 3.8) is 0 Å². The molecule has 2 amide bonds. The van der Waals surface area contributed by atoms with Crippen molar-refractivity contribution in [3.05, 3.63) is 99.0 Å². The minimum absolute atomic E-state index is 0.00880. The van der Waals surface area contributed by atoms with E-state index in [1.165, 1.54) is 24.6 Å². The van der Waals surface area contributed by atoms with Gasteiger partial charge in [-0.05, 0) is 54.0 Å². The summed E-state index contributed by atoms with van der Waals surface area (Å²) in [4.78, 5) is 40.1. The number of benzene rings is 3. The average Bonchev–Trinajstić information content (AvgIpc) is 2.96. The normalized spacial score (nSPS) is 17.0. The zero-order valence-electron chi connectivity index (χ0n) is 24.1. The molecule has 0 aromatic heterocycles. The van der Waals surface area contributed by atoms with Crippen molar-refractivity contribution in [1.82, 2.24) is 10.6 Å². The first-order valence-electron chi connectivity index (χ1n) is 14.0. The van der Waals surface area contributed by atoms with Crippen LogP contribution >= 0.6 is 23.2 Å². The Morgan fingerprint density at radius 3 is 2.43 bits per heavy atom. The highest BCUT2D eigenvalue weighted by atomic mass is 35.5. The van der Waals surface area contributed by atoms with Crippen molar-refractivity contribution in [1.29, 1.82) is 0 Å². The van der Waals surface area contributed by atoms with E-state index in [0.29, 0.717) is 0 Å². The second-order valence-corrected chi connectivity index (χ2v) is 12.4. The van der Waals surface area contributed by atoms with Crippen LogP contribution < -0.4 is 16.4 Å². The Bertz CT molecular complexity index is 1460. The Labute approximate surface area is 257 Å². The van der Waals surface area contributed by atoms with Gasteiger partial charge in [0.05, 0.1) is 46.0 Å². The predicted octanol–water partition coefficient (Wildman–Crippen LogP) is 7.05. The van der Waals surface area contributed by atoms with E-state index in [0.717, 1.165) is 24.0 Å². The van der Waals surface area contributed by atoms with Crippen molar-refractivity contribution >= 4 is 46.5 Å². The molecule has 2 atom stereocenters. The maximum Gasteiger partial charge on any atom is 0.315 e. The van der Waals surface area contributed by atoms with Crippen molar-refractivity contribution in [3.8, 4) is 0 Å². The minimum atomic E-state index is -1.38. The number of ether oxygens (including phenoxy) is 1. The molecule has 4 rings (SSSR count). The third kappa shape index (κ3) is 7.14. The molecule has 3 aromatic carbocycles. The van der Waals surface area contributed by atoms with Gasteiger partial charge < -0.3 is 21.1 Å². The van der Waals surface area contributed by atoms with Crippen molar-refractivity contribution in [2.45, 2.75) is 58.1 Å². The number of fused-ring (bicyclic) bond motifs is 1. The maximum absolute atomic E-state index is 13.6. The Morgan fingerprint density at radius 2 is 1.71 bits per heavy atom. The fourth-order valence-corrected chi connectivity index (χ4v) is 6.08. The minimum Gasteiger partial charge on any atom is -0.398 e. The number of amides is 2. The van der Waals surface area contributed by atoms with Crippen molar-refractivity contribution in [2.75, 3.05) is 18.9 Å². The number of carbonyl (C=O) groups excluding carboxylic acids is 3. The number of hydrogen-bond donors (Lipinski definition) is 3. The lowest BCUT2D eigenvalue weighted by Gasteiger charge is -2.37. The lowest BCUT2D eigenvalue weighted by molar-refractivity contribution is -0.130. The molecule has 9 heteroatoms. The van der Waals surface area contributed by atoms with Crippen LogP contribution in [0, 0.1) is 5.41 Å². The third-order valence-corrected chi connectivity index (χ3v) is 8.87. The van der Waals surface area contributed by atoms with Gasteiger partial charge in [0.15, 0.2) is 5.78 Å². The van der Waals surface area contributed by atoms with E-state index in [-0.39, 0.29) is 64.7 Å². The number of Topliss-reactive ketones (excluding diaryl/α,β-unsaturated/α-hetero) is 2. The van der Waals surface area contributed by atoms with Crippen LogP contribution in [0.2, 0.25) is 10.0 Å². The molecule has 4 N–H and O–H groups in total. The number of nitrogens with two attached hydrogens (primary N) is 1. The van der Waals surface area contributed by atoms with E-state index in [4.69, 9.17) is 33.7 Å². The molecule has 7 nitrogen and oxygen atoms in total. The highest BCUT2D eigenvalue weighted by Crippen LogP contribution is 2.41. The quantitative estimate of drug-likeness (QED) is 0.159. The van der Waals surface area contributed by atoms with E-state index in [2.05, 4.69) is 30.5 Å². The van der Waals surface area contributed by atoms with Crippen LogP contribution in [-0.2, 0) is 21.6 Å². The fourth-order valence-electron chi connectivity index (χ4n) is 5.49. The molecule has 0 saturated carbocycles. The van der Waals surface area contributed by atoms with Gasteiger partial charge in [-0.2, -0.15) is 0 Å². The molecule has 0 aliphatic heterocycles. The number of nitrogens with one attached hydrogen (secondary N) is 2. The highest BCUT2D eigenvalue weighted by molar-refractivity contribution is 6.41. The number of hydrogen-bond acceptors (Lipinski definition) is 5. The van der Waals surface area contributed by atoms with E-state index in [1.807, 2.05) is 48.5 Å². The van der Waals surface area contributed by atoms with Gasteiger partial charge in [0.2, 0.25) is 0 Å². The second-order valence-electron chi connectivity index (χ2n) is 11.6. The standard InChI is InChI=1S/C33H37Cl2N3O4/c1-21(39)33(20-42-18-22-9-5-4-6-10-22,17-28(40)29-25(34)13-14-26(36)30(29)35)19-37-31(41)38-27-15-16-32(2,3)24-12-8-7-11-23(24)27/h4-14,27H,15-20,36H2,1-3H3,(H2,37,38,41)/t27?,33-/m1/s1. The van der Waals surface area contributed by atoms with E-state index < -0.39 is 17.2 Å². The molecule has 0 fully saturated rings. The summed E-state index contributed by atoms with van der Waals surface area (Å²) in [5.74, 6) is -0.786. The Kier molecular flexibility index (Phi) is 9.97. The zero-order valence-corrected chi connectivity index (χ0v) is 25.6. The number of rotatable bonds is 11. The molecular formula is C33H37Cl2N3O4. The number of carbonyl (C=O) groups is 3. The van der Waals surface area contributed by atoms with Crippen LogP contribution in [0.3, 0.4) is 0 Å². The van der Waals surface area contributed by atoms with E-state index in [1.54, 1.807) is 0 Å². The lowest BCUT2D eigenvalue weighted by Crippen LogP contribution is -2.50. The van der Waals surface area contributed by atoms with Crippen LogP contribution in [0.4, 0.5) is 10.5 Å². The number of halogens is 2. The summed E-state index contributed by atoms with van der Waals surface area (Å²) < 4.78 is 5.98. The number of anilines is 1. The maximum atomic E-state index is 13.6. The summed E-state index contributed by atoms with van der Waals surface area (Å²) in [5.41, 5.74) is 7.99. The number of urea groups is 1. The largest absolute Gasteiger partial charge is 0.398 e. The fraction of sp³-hybridized carbons (Fsp3) is 0.364. The predicted molar refractivity (Wildman–Crippen MR) is 167 cm³/mol. The van der Waals surface area contributed by atoms with Gasteiger partial charge in [-0.25, -0.2) is 4.79 Å². The van der Waals surface area contributed by atoms with Gasteiger partial charge in [0, 0.05) is 13.0 Å². The molecule has 42 heavy (non-hydrogen) atoms. The van der Waals surface area contributed by atoms with Crippen LogP contribution in [0.25, 0.3) is 0 Å². The lowest BCUT2D eigenvalue weighted by atomic mass is 9.71. The van der Waals surface area contributed by atoms with Gasteiger partial charge in [0.25, 0.3) is 0 Å². The van der Waals surface area contributed by atoms with Crippen LogP contribution in [0.1, 0.15) is 73.1 Å². The number of ketones is 2. The average molecular weight is 611 g/mol. The molecule has 1 aliphatic carbocycles. The summed E-state index contributed by atoms with van der Waals surface area (Å²) in [6.07, 6.45) is 1.40. The van der Waals surface area contributed by atoms with E-state index in [9.17, 15) is 14.4 Å². The summed E-state index contributed by atoms with van der Waals surface area (Å²) >= 11 is 12.7. The smallest absolute Gasteiger partial charge is 0.315 e. The molecule has 0 spiro atoms. The highest BCUT2D eigenvalue weighted by Gasteiger charge is 2.40. The van der Waals surface area contributed by atoms with Crippen LogP contribution in [0.5, 0.6) is 0 Å². The second kappa shape index (κ2) is 13.3. The van der Waals surface area contributed by atoms with Gasteiger partial charge in [-0.3, -0.25) is 9.59 Å². The SMILES string of the molecule is CC(=O)[C@](CNC(=O)NC1CCC(C)(C)c2ccccc21)(COCc1ccccc1)CC(=O)c1c(Cl)ccc(N)c1Cl. The van der Waals surface area contributed by atoms with Gasteiger partial charge >= 0.3 is 6.03 Å². The summed E-state index contributed by atoms with van der Waals surface area (Å²) in [5, 5.41) is 6.09. The first-order valence-corrected chi connectivity index (χ1v) is 14.7. The molecule has 0 bridgehead atoms. The summed E-state index contributed by atoms with van der Waals surface area (Å²) in [7, 11) is 0. The topological polar surface area (TPSA) is 111 Å². The molecule has 222 valence electrons. The molecule has 0 heterocycles. The van der Waals surface area contributed by atoms with Gasteiger partial charge in [-0.15, -0.1) is 0 Å². The van der Waals surface area contributed by atoms with E-state index >= 15 is 0 Å². The monoisotopic (exact) mass is 609 g/mol. The molecule has 0 radical (unpaired) electrons. The molecule has 1 unspecified atom stereocenters. The zero-order chi connectivity index (χ0) is 30.5. The Morgan fingerprint density at radius 1 is 1.02 bits per heavy atom. The Hall–Kier alpha value is -3.39. The molecular weight excluding hydrogens is 573 g/mol. The van der Waals surface area contributed by atoms with Gasteiger partial charge in [-0.1, -0.05) is 91.6 Å². The first kappa shape index (κ1) is 31.5. The molecule has 1 aliphatic rings. The third-order valence-electron chi connectivity index (χ3n) is 8.15. The van der Waals surface area contributed by atoms with Crippen LogP contribution in [0.15, 0.2) is 66.7 Å². The number of nitrogen functional groups attached to an aromatic ring is 1. The first-order chi connectivity index (χ1) is 19.9. The molecule has 3 aromatic rings. The van der Waals surface area contributed by atoms with Crippen molar-refractivity contribution in [2.24, 2.45) is 5.41 Å². The summed E-state index contributed by atoms with van der Waals surface area (Å²) in [6.45, 7) is 5.78. The summed E-state index contributed by atoms with van der Waals surface area (Å²) in [6, 6.07) is 20.0. The Balaban J connectivity index is 1.54.